The maximum atomic E-state index is 8.43. The Morgan fingerprint density at radius 3 is 2.89 bits per heavy atom. The van der Waals surface area contributed by atoms with E-state index < -0.39 is 0 Å². The van der Waals surface area contributed by atoms with E-state index >= 15 is 0 Å². The smallest absolute Gasteiger partial charge is 0.139 e. The van der Waals surface area contributed by atoms with Crippen molar-refractivity contribution in [1.29, 1.82) is 0 Å². The van der Waals surface area contributed by atoms with E-state index in [1.54, 1.807) is 0 Å². The first-order chi connectivity index (χ1) is 8.76. The van der Waals surface area contributed by atoms with Gasteiger partial charge in [0.2, 0.25) is 0 Å². The number of oxime groups is 1. The molecule has 0 spiro atoms. The van der Waals surface area contributed by atoms with Gasteiger partial charge in [-0.25, -0.2) is 0 Å². The lowest BCUT2D eigenvalue weighted by Crippen LogP contribution is -2.24. The lowest BCUT2D eigenvalue weighted by atomic mass is 10.2. The number of pyridine rings is 1. The van der Waals surface area contributed by atoms with E-state index in [0.29, 0.717) is 12.3 Å². The molecule has 0 atom stereocenters. The second kappa shape index (κ2) is 8.47. The molecule has 0 saturated heterocycles. The topological polar surface area (TPSA) is 74.7 Å². The van der Waals surface area contributed by atoms with Crippen LogP contribution in [0.2, 0.25) is 0 Å². The molecule has 3 N–H and O–H groups in total. The number of hydrogen-bond acceptors (Lipinski definition) is 4. The van der Waals surface area contributed by atoms with Gasteiger partial charge < -0.3 is 10.9 Å². The van der Waals surface area contributed by atoms with Gasteiger partial charge in [-0.15, -0.1) is 0 Å². The fourth-order valence-corrected chi connectivity index (χ4v) is 1.76. The van der Waals surface area contributed by atoms with Crippen molar-refractivity contribution < 1.29 is 5.21 Å². The van der Waals surface area contributed by atoms with Crippen molar-refractivity contribution in [2.24, 2.45) is 10.9 Å². The summed E-state index contributed by atoms with van der Waals surface area (Å²) in [4.78, 5) is 6.66. The predicted molar refractivity (Wildman–Crippen MR) is 72.4 cm³/mol. The highest BCUT2D eigenvalue weighted by atomic mass is 16.4. The summed E-state index contributed by atoms with van der Waals surface area (Å²) in [5.74, 6) is 0.308. The third-order valence-corrected chi connectivity index (χ3v) is 2.84. The molecule has 5 heteroatoms. The van der Waals surface area contributed by atoms with Crippen LogP contribution < -0.4 is 5.73 Å². The van der Waals surface area contributed by atoms with E-state index in [4.69, 9.17) is 10.9 Å². The zero-order chi connectivity index (χ0) is 13.2. The van der Waals surface area contributed by atoms with Crippen molar-refractivity contribution in [2.75, 3.05) is 13.1 Å². The number of aromatic nitrogens is 1. The first kappa shape index (κ1) is 14.4. The average molecular weight is 250 g/mol. The molecule has 0 bridgehead atoms. The summed E-state index contributed by atoms with van der Waals surface area (Å²) < 4.78 is 0. The van der Waals surface area contributed by atoms with Gasteiger partial charge in [-0.05, 0) is 38.1 Å². The molecule has 1 rings (SSSR count). The quantitative estimate of drug-likeness (QED) is 0.243. The zero-order valence-electron chi connectivity index (χ0n) is 10.9. The van der Waals surface area contributed by atoms with Crippen LogP contribution in [0.1, 0.15) is 31.9 Å². The maximum absolute atomic E-state index is 8.43. The van der Waals surface area contributed by atoms with Crippen LogP contribution in [-0.2, 0) is 6.54 Å². The lowest BCUT2D eigenvalue weighted by Gasteiger charge is -2.19. The Hall–Kier alpha value is -1.62. The highest BCUT2D eigenvalue weighted by molar-refractivity contribution is 5.79. The van der Waals surface area contributed by atoms with Gasteiger partial charge in [-0.3, -0.25) is 9.88 Å². The normalized spacial score (nSPS) is 12.0. The molecule has 5 nitrogen and oxygen atoms in total. The second-order valence-electron chi connectivity index (χ2n) is 4.24. The van der Waals surface area contributed by atoms with Crippen LogP contribution in [0.15, 0.2) is 29.6 Å². The van der Waals surface area contributed by atoms with Crippen molar-refractivity contribution in [2.45, 2.75) is 32.7 Å². The van der Waals surface area contributed by atoms with Gasteiger partial charge in [0.05, 0.1) is 5.69 Å². The predicted octanol–water partition coefficient (Wildman–Crippen LogP) is 1.82. The van der Waals surface area contributed by atoms with Gasteiger partial charge in [-0.2, -0.15) is 0 Å². The molecular formula is C13H22N4O. The van der Waals surface area contributed by atoms with Crippen LogP contribution in [0, 0.1) is 0 Å². The third kappa shape index (κ3) is 5.63. The molecule has 0 aliphatic rings. The van der Waals surface area contributed by atoms with Crippen molar-refractivity contribution in [3.63, 3.8) is 0 Å². The Balaban J connectivity index is 2.26. The van der Waals surface area contributed by atoms with Crippen LogP contribution in [-0.4, -0.2) is 34.0 Å². The lowest BCUT2D eigenvalue weighted by molar-refractivity contribution is 0.271. The number of hydrogen-bond donors (Lipinski definition) is 2. The number of amidine groups is 1. The maximum Gasteiger partial charge on any atom is 0.139 e. The third-order valence-electron chi connectivity index (χ3n) is 2.84. The van der Waals surface area contributed by atoms with Gasteiger partial charge in [0, 0.05) is 19.2 Å². The summed E-state index contributed by atoms with van der Waals surface area (Å²) in [6, 6.07) is 5.98. The molecule has 0 radical (unpaired) electrons. The summed E-state index contributed by atoms with van der Waals surface area (Å²) in [5.41, 5.74) is 6.52. The molecule has 0 aliphatic heterocycles. The van der Waals surface area contributed by atoms with Gasteiger partial charge in [0.15, 0.2) is 0 Å². The molecule has 0 aliphatic carbocycles. The van der Waals surface area contributed by atoms with Crippen LogP contribution >= 0.6 is 0 Å². The van der Waals surface area contributed by atoms with Crippen molar-refractivity contribution in [3.8, 4) is 0 Å². The van der Waals surface area contributed by atoms with E-state index in [0.717, 1.165) is 38.2 Å². The molecule has 1 heterocycles. The van der Waals surface area contributed by atoms with Crippen LogP contribution in [0.3, 0.4) is 0 Å². The minimum Gasteiger partial charge on any atom is -0.409 e. The summed E-state index contributed by atoms with van der Waals surface area (Å²) in [6.45, 7) is 5.03. The van der Waals surface area contributed by atoms with Crippen molar-refractivity contribution in [1.82, 2.24) is 9.88 Å². The average Bonchev–Trinajstić information content (AvgIpc) is 2.43. The first-order valence-corrected chi connectivity index (χ1v) is 6.35. The molecule has 0 fully saturated rings. The molecule has 1 aromatic heterocycles. The Morgan fingerprint density at radius 2 is 2.28 bits per heavy atom. The highest BCUT2D eigenvalue weighted by Crippen LogP contribution is 2.04. The van der Waals surface area contributed by atoms with Crippen LogP contribution in [0.25, 0.3) is 0 Å². The number of rotatable bonds is 8. The Labute approximate surface area is 108 Å². The summed E-state index contributed by atoms with van der Waals surface area (Å²) in [5, 5.41) is 11.4. The van der Waals surface area contributed by atoms with Gasteiger partial charge >= 0.3 is 0 Å². The fraction of sp³-hybridized carbons (Fsp3) is 0.538. The van der Waals surface area contributed by atoms with Crippen molar-refractivity contribution >= 4 is 5.84 Å². The van der Waals surface area contributed by atoms with Crippen LogP contribution in [0.4, 0.5) is 0 Å². The number of unbranched alkanes of at least 4 members (excludes halogenated alkanes) is 1. The summed E-state index contributed by atoms with van der Waals surface area (Å²) in [7, 11) is 0. The van der Waals surface area contributed by atoms with E-state index in [-0.39, 0.29) is 0 Å². The van der Waals surface area contributed by atoms with E-state index in [1.165, 1.54) is 0 Å². The number of nitrogens with two attached hydrogens (primary N) is 1. The Kier molecular flexibility index (Phi) is 6.79. The van der Waals surface area contributed by atoms with E-state index in [9.17, 15) is 0 Å². The van der Waals surface area contributed by atoms with Gasteiger partial charge in [0.25, 0.3) is 0 Å². The molecular weight excluding hydrogens is 228 g/mol. The van der Waals surface area contributed by atoms with Crippen LogP contribution in [0.5, 0.6) is 0 Å². The second-order valence-corrected chi connectivity index (χ2v) is 4.24. The van der Waals surface area contributed by atoms with Crippen molar-refractivity contribution in [3.05, 3.63) is 30.1 Å². The molecule has 1 aromatic rings. The molecule has 0 unspecified atom stereocenters. The Morgan fingerprint density at radius 1 is 1.44 bits per heavy atom. The minimum absolute atomic E-state index is 0.308. The monoisotopic (exact) mass is 250 g/mol. The molecule has 0 amide bonds. The number of nitrogens with zero attached hydrogens (tertiary/aromatic N) is 3. The minimum atomic E-state index is 0.308. The highest BCUT2D eigenvalue weighted by Gasteiger charge is 2.04. The molecule has 0 saturated carbocycles. The van der Waals surface area contributed by atoms with Gasteiger partial charge in [0.1, 0.15) is 5.84 Å². The summed E-state index contributed by atoms with van der Waals surface area (Å²) >= 11 is 0. The van der Waals surface area contributed by atoms with E-state index in [1.807, 2.05) is 24.4 Å². The molecule has 0 aromatic carbocycles. The zero-order valence-corrected chi connectivity index (χ0v) is 10.9. The fourth-order valence-electron chi connectivity index (χ4n) is 1.76. The van der Waals surface area contributed by atoms with Gasteiger partial charge in [-0.1, -0.05) is 18.1 Å². The SMILES string of the molecule is CCN(CCCCC(N)=NO)Cc1ccccn1. The molecule has 100 valence electrons. The Bertz CT molecular complexity index is 353. The first-order valence-electron chi connectivity index (χ1n) is 6.35. The molecule has 18 heavy (non-hydrogen) atoms. The summed E-state index contributed by atoms with van der Waals surface area (Å²) in [6.07, 6.45) is 4.45. The standard InChI is InChI=1S/C13H22N4O/c1-2-17(10-6-4-8-13(14)16-18)11-12-7-3-5-9-15-12/h3,5,7,9,18H,2,4,6,8,10-11H2,1H3,(H2,14,16). The van der Waals surface area contributed by atoms with E-state index in [2.05, 4.69) is 22.0 Å². The largest absolute Gasteiger partial charge is 0.409 e.